The van der Waals surface area contributed by atoms with Gasteiger partial charge in [0.1, 0.15) is 9.75 Å². The molecule has 0 unspecified atom stereocenters. The van der Waals surface area contributed by atoms with Gasteiger partial charge in [-0.25, -0.2) is 4.79 Å². The normalized spacial score (nSPS) is 13.3. The minimum atomic E-state index is -0.272. The Kier molecular flexibility index (Phi) is 9.91. The Hall–Kier alpha value is -3.31. The van der Waals surface area contributed by atoms with Gasteiger partial charge >= 0.3 is 5.97 Å². The molecule has 0 N–H and O–H groups in total. The number of nitrogens with zero attached hydrogens (tertiary/aromatic N) is 3. The van der Waals surface area contributed by atoms with E-state index in [9.17, 15) is 9.59 Å². The molecule has 1 aliphatic rings. The van der Waals surface area contributed by atoms with Crippen molar-refractivity contribution in [2.24, 2.45) is 0 Å². The molecule has 0 bridgehead atoms. The Morgan fingerprint density at radius 2 is 1.73 bits per heavy atom. The molecule has 3 aromatic carbocycles. The van der Waals surface area contributed by atoms with Gasteiger partial charge in [0.2, 0.25) is 0 Å². The Bertz CT molecular complexity index is 1750. The van der Waals surface area contributed by atoms with Crippen molar-refractivity contribution in [3.8, 4) is 0 Å². The number of para-hydroxylation sites is 2. The van der Waals surface area contributed by atoms with E-state index in [1.165, 1.54) is 33.9 Å². The van der Waals surface area contributed by atoms with Gasteiger partial charge in [-0.3, -0.25) is 4.79 Å². The number of ether oxygens (including phenoxy) is 1. The van der Waals surface area contributed by atoms with Crippen LogP contribution in [0, 0.1) is 0 Å². The van der Waals surface area contributed by atoms with Crippen LogP contribution in [0.15, 0.2) is 99.7 Å². The third kappa shape index (κ3) is 6.99. The van der Waals surface area contributed by atoms with Gasteiger partial charge in [-0.05, 0) is 94.0 Å². The predicted octanol–water partition coefficient (Wildman–Crippen LogP) is 8.62. The fourth-order valence-electron chi connectivity index (χ4n) is 5.27. The average molecular weight is 707 g/mol. The minimum absolute atomic E-state index is 0.0925. The average Bonchev–Trinajstić information content (AvgIpc) is 3.69. The summed E-state index contributed by atoms with van der Waals surface area (Å²) < 4.78 is 9.53. The van der Waals surface area contributed by atoms with Crippen LogP contribution in [0.25, 0.3) is 10.1 Å². The number of halogens is 1. The number of carbonyl (C=O) groups is 2. The molecule has 1 saturated heterocycles. The van der Waals surface area contributed by atoms with E-state index in [-0.39, 0.29) is 11.9 Å². The van der Waals surface area contributed by atoms with Crippen LogP contribution in [0.1, 0.15) is 31.8 Å². The zero-order chi connectivity index (χ0) is 30.5. The lowest BCUT2D eigenvalue weighted by atomic mass is 10.1. The molecular weight excluding hydrogens is 674 g/mol. The molecule has 6 rings (SSSR count). The maximum absolute atomic E-state index is 13.1. The number of hydrogen-bond donors (Lipinski definition) is 0. The second-order valence-electron chi connectivity index (χ2n) is 10.3. The molecule has 3 heterocycles. The molecule has 0 spiro atoms. The Morgan fingerprint density at radius 3 is 2.48 bits per heavy atom. The van der Waals surface area contributed by atoms with Crippen molar-refractivity contribution in [2.75, 3.05) is 48.5 Å². The Balaban J connectivity index is 1.24. The largest absolute Gasteiger partial charge is 0.462 e. The van der Waals surface area contributed by atoms with E-state index in [1.54, 1.807) is 11.9 Å². The summed E-state index contributed by atoms with van der Waals surface area (Å²) in [5.41, 5.74) is 3.60. The van der Waals surface area contributed by atoms with Crippen molar-refractivity contribution in [1.82, 2.24) is 4.90 Å². The summed E-state index contributed by atoms with van der Waals surface area (Å²) >= 11 is 8.19. The molecule has 5 aromatic rings. The van der Waals surface area contributed by atoms with Crippen molar-refractivity contribution in [1.29, 1.82) is 0 Å². The summed E-state index contributed by atoms with van der Waals surface area (Å²) in [5, 5.41) is 2.99. The monoisotopic (exact) mass is 705 g/mol. The van der Waals surface area contributed by atoms with Gasteiger partial charge in [-0.15, -0.1) is 22.7 Å². The highest BCUT2D eigenvalue weighted by atomic mass is 79.9. The lowest BCUT2D eigenvalue weighted by Gasteiger charge is -2.38. The van der Waals surface area contributed by atoms with Crippen LogP contribution in [0.3, 0.4) is 0 Å². The molecule has 2 aromatic heterocycles. The first-order valence-electron chi connectivity index (χ1n) is 14.6. The number of carbonyl (C=O) groups excluding carboxylic acids is 2. The van der Waals surface area contributed by atoms with Crippen LogP contribution in [0.2, 0.25) is 0 Å². The second kappa shape index (κ2) is 14.2. The smallest absolute Gasteiger partial charge is 0.348 e. The summed E-state index contributed by atoms with van der Waals surface area (Å²) in [7, 11) is 0. The van der Waals surface area contributed by atoms with Gasteiger partial charge in [0, 0.05) is 46.8 Å². The highest BCUT2D eigenvalue weighted by Gasteiger charge is 2.26. The van der Waals surface area contributed by atoms with Crippen molar-refractivity contribution < 1.29 is 14.3 Å². The van der Waals surface area contributed by atoms with Crippen LogP contribution in [-0.4, -0.2) is 56.1 Å². The van der Waals surface area contributed by atoms with Gasteiger partial charge in [-0.2, -0.15) is 0 Å². The molecule has 226 valence electrons. The molecule has 1 amide bonds. The topological polar surface area (TPSA) is 53.1 Å². The van der Waals surface area contributed by atoms with Crippen LogP contribution in [0.4, 0.5) is 11.4 Å². The van der Waals surface area contributed by atoms with E-state index in [1.807, 2.05) is 35.4 Å². The lowest BCUT2D eigenvalue weighted by molar-refractivity contribution is 0.0532. The number of fused-ring (bicyclic) bond motifs is 1. The number of anilines is 2. The standard InChI is InChI=1S/C34H32BrN3O3S3/c1-2-41-34(40)31-22-25-12-13-26(23-30(25)43-31)44-38(16-14-24-8-4-3-5-9-24)29-11-7-6-10-28(29)36-17-19-37(20-18-36)33(39)32-27(35)15-21-42-32/h3-13,15,21-23H,2,14,16-20H2,1H3. The van der Waals surface area contributed by atoms with E-state index in [0.29, 0.717) is 24.6 Å². The Labute approximate surface area is 278 Å². The summed E-state index contributed by atoms with van der Waals surface area (Å²) in [6.45, 7) is 5.88. The molecule has 6 nitrogen and oxygen atoms in total. The van der Waals surface area contributed by atoms with Crippen molar-refractivity contribution in [2.45, 2.75) is 18.2 Å². The summed E-state index contributed by atoms with van der Waals surface area (Å²) in [4.78, 5) is 32.3. The highest BCUT2D eigenvalue weighted by Crippen LogP contribution is 2.39. The van der Waals surface area contributed by atoms with E-state index < -0.39 is 0 Å². The third-order valence-electron chi connectivity index (χ3n) is 7.50. The number of thiophene rings is 2. The zero-order valence-electron chi connectivity index (χ0n) is 24.3. The third-order valence-corrected chi connectivity index (χ3v) is 11.5. The van der Waals surface area contributed by atoms with Crippen molar-refractivity contribution in [3.05, 3.63) is 110 Å². The van der Waals surface area contributed by atoms with E-state index in [2.05, 4.69) is 91.9 Å². The number of piperazine rings is 1. The summed E-state index contributed by atoms with van der Waals surface area (Å²) in [6, 6.07) is 29.3. The molecule has 0 saturated carbocycles. The van der Waals surface area contributed by atoms with Gasteiger partial charge in [0.15, 0.2) is 0 Å². The first kappa shape index (κ1) is 30.7. The van der Waals surface area contributed by atoms with Gasteiger partial charge in [-0.1, -0.05) is 48.5 Å². The van der Waals surface area contributed by atoms with Crippen LogP contribution in [0.5, 0.6) is 0 Å². The first-order valence-corrected chi connectivity index (χ1v) is 17.8. The van der Waals surface area contributed by atoms with Gasteiger partial charge in [0.25, 0.3) is 5.91 Å². The second-order valence-corrected chi connectivity index (χ2v) is 14.3. The molecular formula is C34H32BrN3O3S3. The van der Waals surface area contributed by atoms with E-state index in [0.717, 1.165) is 56.1 Å². The maximum Gasteiger partial charge on any atom is 0.348 e. The quantitative estimate of drug-likeness (QED) is 0.107. The molecule has 44 heavy (non-hydrogen) atoms. The summed E-state index contributed by atoms with van der Waals surface area (Å²) in [5.74, 6) is -0.180. The molecule has 0 aliphatic carbocycles. The van der Waals surface area contributed by atoms with Gasteiger partial charge < -0.3 is 18.8 Å². The van der Waals surface area contributed by atoms with Crippen LogP contribution >= 0.6 is 50.6 Å². The number of esters is 1. The number of amides is 1. The predicted molar refractivity (Wildman–Crippen MR) is 188 cm³/mol. The van der Waals surface area contributed by atoms with E-state index >= 15 is 0 Å². The van der Waals surface area contributed by atoms with Gasteiger partial charge in [0.05, 0.1) is 18.0 Å². The van der Waals surface area contributed by atoms with Crippen molar-refractivity contribution in [3.63, 3.8) is 0 Å². The first-order chi connectivity index (χ1) is 21.5. The lowest BCUT2D eigenvalue weighted by Crippen LogP contribution is -2.49. The molecule has 10 heteroatoms. The Morgan fingerprint density at radius 1 is 0.955 bits per heavy atom. The summed E-state index contributed by atoms with van der Waals surface area (Å²) in [6.07, 6.45) is 0.897. The fourth-order valence-corrected chi connectivity index (χ4v) is 8.84. The van der Waals surface area contributed by atoms with E-state index in [4.69, 9.17) is 4.74 Å². The molecule has 1 fully saturated rings. The highest BCUT2D eigenvalue weighted by molar-refractivity contribution is 9.10. The minimum Gasteiger partial charge on any atom is -0.462 e. The SMILES string of the molecule is CCOC(=O)c1cc2ccc(SN(CCc3ccccc3)c3ccccc3N3CCN(C(=O)c4sccc4Br)CC3)cc2s1. The molecule has 0 radical (unpaired) electrons. The fraction of sp³-hybridized carbons (Fsp3) is 0.235. The number of rotatable bonds is 10. The number of benzene rings is 3. The maximum atomic E-state index is 13.1. The molecule has 1 aliphatic heterocycles. The van der Waals surface area contributed by atoms with Crippen LogP contribution < -0.4 is 9.21 Å². The van der Waals surface area contributed by atoms with Crippen LogP contribution in [-0.2, 0) is 11.2 Å². The van der Waals surface area contributed by atoms with Crippen molar-refractivity contribution >= 4 is 83.9 Å². The zero-order valence-corrected chi connectivity index (χ0v) is 28.3. The number of hydrogen-bond acceptors (Lipinski definition) is 8. The molecule has 0 atom stereocenters.